The van der Waals surface area contributed by atoms with Crippen LogP contribution in [-0.4, -0.2) is 51.9 Å². The molecule has 0 aliphatic rings. The number of hydrazone groups is 1. The highest BCUT2D eigenvalue weighted by Crippen LogP contribution is 2.33. The zero-order chi connectivity index (χ0) is 27.7. The molecule has 0 aliphatic carbocycles. The summed E-state index contributed by atoms with van der Waals surface area (Å²) in [5, 5.41) is 6.43. The van der Waals surface area contributed by atoms with Gasteiger partial charge < -0.3 is 24.3 Å². The minimum absolute atomic E-state index is 0.195. The summed E-state index contributed by atoms with van der Waals surface area (Å²) in [6, 6.07) is 14.5. The number of esters is 1. The van der Waals surface area contributed by atoms with Crippen LogP contribution in [0.25, 0.3) is 0 Å². The number of methoxy groups -OCH3 is 3. The molecule has 3 aromatic carbocycles. The SMILES string of the molecule is COc1cccc(C(=O)Oc2c(Br)cc(Br)cc2/C=N/NC(=O)CNC(=O)c2ccc(OC)c(OC)c2)c1. The molecule has 0 aromatic heterocycles. The summed E-state index contributed by atoms with van der Waals surface area (Å²) in [5.41, 5.74) is 3.31. The third-order valence-electron chi connectivity index (χ3n) is 4.99. The number of carbonyl (C=O) groups is 3. The van der Waals surface area contributed by atoms with Crippen molar-refractivity contribution in [2.45, 2.75) is 0 Å². The maximum absolute atomic E-state index is 12.7. The number of rotatable bonds is 10. The van der Waals surface area contributed by atoms with Crippen LogP contribution < -0.4 is 29.7 Å². The van der Waals surface area contributed by atoms with Crippen LogP contribution in [0.15, 0.2) is 68.6 Å². The number of carbonyl (C=O) groups excluding carboxylic acids is 3. The summed E-state index contributed by atoms with van der Waals surface area (Å²) in [6.45, 7) is -0.329. The average Bonchev–Trinajstić information content (AvgIpc) is 2.92. The first-order chi connectivity index (χ1) is 18.2. The molecule has 0 spiro atoms. The molecular weight excluding hydrogens is 626 g/mol. The van der Waals surface area contributed by atoms with Gasteiger partial charge >= 0.3 is 5.97 Å². The standard InChI is InChI=1S/C26H23Br2N3O7/c1-35-19-6-4-5-16(10-19)26(34)38-24-17(9-18(27)12-20(24)28)13-30-31-23(32)14-29-25(33)15-7-8-21(36-2)22(11-15)37-3/h4-13H,14H2,1-3H3,(H,29,33)(H,31,32)/b30-13+. The predicted octanol–water partition coefficient (Wildman–Crippen LogP) is 4.34. The molecule has 3 aromatic rings. The second-order valence-corrected chi connectivity index (χ2v) is 9.24. The summed E-state index contributed by atoms with van der Waals surface area (Å²) in [4.78, 5) is 37.3. The lowest BCUT2D eigenvalue weighted by Crippen LogP contribution is -2.34. The lowest BCUT2D eigenvalue weighted by Gasteiger charge is -2.11. The van der Waals surface area contributed by atoms with E-state index in [0.29, 0.717) is 42.9 Å². The minimum atomic E-state index is -0.608. The first-order valence-corrected chi connectivity index (χ1v) is 12.5. The molecule has 0 aliphatic heterocycles. The molecule has 0 saturated heterocycles. The van der Waals surface area contributed by atoms with Gasteiger partial charge in [0.25, 0.3) is 11.8 Å². The van der Waals surface area contributed by atoms with Crippen molar-refractivity contribution >= 4 is 55.9 Å². The Kier molecular flexibility index (Phi) is 10.3. The second kappa shape index (κ2) is 13.6. The van der Waals surface area contributed by atoms with Gasteiger partial charge in [-0.2, -0.15) is 5.10 Å². The monoisotopic (exact) mass is 647 g/mol. The van der Waals surface area contributed by atoms with E-state index in [2.05, 4.69) is 47.7 Å². The maximum Gasteiger partial charge on any atom is 0.343 e. The predicted molar refractivity (Wildman–Crippen MR) is 147 cm³/mol. The topological polar surface area (TPSA) is 125 Å². The molecule has 2 amide bonds. The molecule has 38 heavy (non-hydrogen) atoms. The van der Waals surface area contributed by atoms with Crippen molar-refractivity contribution in [1.29, 1.82) is 0 Å². The summed E-state index contributed by atoms with van der Waals surface area (Å²) in [7, 11) is 4.45. The van der Waals surface area contributed by atoms with Gasteiger partial charge in [0, 0.05) is 15.6 Å². The number of nitrogens with zero attached hydrogens (tertiary/aromatic N) is 1. The van der Waals surface area contributed by atoms with Gasteiger partial charge in [-0.1, -0.05) is 22.0 Å². The van der Waals surface area contributed by atoms with Crippen molar-refractivity contribution in [2.75, 3.05) is 27.9 Å². The molecule has 0 atom stereocenters. The van der Waals surface area contributed by atoms with Crippen LogP contribution in [0.2, 0.25) is 0 Å². The van der Waals surface area contributed by atoms with E-state index in [-0.39, 0.29) is 12.3 Å². The van der Waals surface area contributed by atoms with E-state index in [1.807, 2.05) is 0 Å². The van der Waals surface area contributed by atoms with Crippen molar-refractivity contribution in [2.24, 2.45) is 5.10 Å². The average molecular weight is 649 g/mol. The fourth-order valence-corrected chi connectivity index (χ4v) is 4.48. The molecule has 2 N–H and O–H groups in total. The van der Waals surface area contributed by atoms with Crippen LogP contribution in [0.4, 0.5) is 0 Å². The van der Waals surface area contributed by atoms with Crippen molar-refractivity contribution in [3.05, 3.63) is 80.2 Å². The smallest absolute Gasteiger partial charge is 0.343 e. The van der Waals surface area contributed by atoms with Crippen molar-refractivity contribution < 1.29 is 33.3 Å². The highest BCUT2D eigenvalue weighted by Gasteiger charge is 2.16. The van der Waals surface area contributed by atoms with Gasteiger partial charge in [-0.05, 0) is 64.5 Å². The summed E-state index contributed by atoms with van der Waals surface area (Å²) in [5.74, 6) is -0.0887. The molecular formula is C26H23Br2N3O7. The molecule has 0 radical (unpaired) electrons. The van der Waals surface area contributed by atoms with Crippen LogP contribution in [0.3, 0.4) is 0 Å². The lowest BCUT2D eigenvalue weighted by atomic mass is 10.2. The Hall–Kier alpha value is -3.90. The number of ether oxygens (including phenoxy) is 4. The Balaban J connectivity index is 1.64. The van der Waals surface area contributed by atoms with Crippen LogP contribution in [0, 0.1) is 0 Å². The maximum atomic E-state index is 12.7. The first-order valence-electron chi connectivity index (χ1n) is 10.9. The number of amides is 2. The first kappa shape index (κ1) is 28.7. The van der Waals surface area contributed by atoms with E-state index in [1.165, 1.54) is 33.6 Å². The molecule has 10 nitrogen and oxygen atoms in total. The normalized spacial score (nSPS) is 10.6. The summed E-state index contributed by atoms with van der Waals surface area (Å²) < 4.78 is 22.3. The van der Waals surface area contributed by atoms with Crippen LogP contribution >= 0.6 is 31.9 Å². The van der Waals surface area contributed by atoms with E-state index in [4.69, 9.17) is 18.9 Å². The van der Waals surface area contributed by atoms with E-state index < -0.39 is 17.8 Å². The van der Waals surface area contributed by atoms with E-state index in [1.54, 1.807) is 48.5 Å². The zero-order valence-corrected chi connectivity index (χ0v) is 23.7. The molecule has 12 heteroatoms. The third kappa shape index (κ3) is 7.56. The highest BCUT2D eigenvalue weighted by atomic mass is 79.9. The van der Waals surface area contributed by atoms with Gasteiger partial charge in [0.1, 0.15) is 5.75 Å². The number of hydrogen-bond donors (Lipinski definition) is 2. The number of hydrogen-bond acceptors (Lipinski definition) is 8. The Labute approximate surface area is 235 Å². The summed E-state index contributed by atoms with van der Waals surface area (Å²) >= 11 is 6.76. The largest absolute Gasteiger partial charge is 0.497 e. The fraction of sp³-hybridized carbons (Fsp3) is 0.154. The Morgan fingerprint density at radius 1 is 0.895 bits per heavy atom. The number of benzene rings is 3. The lowest BCUT2D eigenvalue weighted by molar-refractivity contribution is -0.120. The van der Waals surface area contributed by atoms with Gasteiger partial charge in [-0.25, -0.2) is 10.2 Å². The molecule has 198 valence electrons. The molecule has 0 unspecified atom stereocenters. The third-order valence-corrected chi connectivity index (χ3v) is 6.03. The quantitative estimate of drug-likeness (QED) is 0.145. The van der Waals surface area contributed by atoms with Crippen molar-refractivity contribution in [3.8, 4) is 23.0 Å². The Morgan fingerprint density at radius 2 is 1.66 bits per heavy atom. The van der Waals surface area contributed by atoms with Crippen molar-refractivity contribution in [3.63, 3.8) is 0 Å². The minimum Gasteiger partial charge on any atom is -0.497 e. The van der Waals surface area contributed by atoms with E-state index in [9.17, 15) is 14.4 Å². The van der Waals surface area contributed by atoms with Gasteiger partial charge in [-0.15, -0.1) is 0 Å². The van der Waals surface area contributed by atoms with Gasteiger partial charge in [0.15, 0.2) is 17.2 Å². The van der Waals surface area contributed by atoms with Crippen LogP contribution in [0.1, 0.15) is 26.3 Å². The molecule has 0 fully saturated rings. The van der Waals surface area contributed by atoms with Crippen molar-refractivity contribution in [1.82, 2.24) is 10.7 Å². The van der Waals surface area contributed by atoms with Gasteiger partial charge in [0.05, 0.1) is 44.1 Å². The van der Waals surface area contributed by atoms with E-state index >= 15 is 0 Å². The van der Waals surface area contributed by atoms with Crippen LogP contribution in [0.5, 0.6) is 23.0 Å². The zero-order valence-electron chi connectivity index (χ0n) is 20.5. The van der Waals surface area contributed by atoms with Gasteiger partial charge in [0.2, 0.25) is 0 Å². The Bertz CT molecular complexity index is 1380. The fourth-order valence-electron chi connectivity index (χ4n) is 3.14. The molecule has 0 saturated carbocycles. The molecule has 0 bridgehead atoms. The summed E-state index contributed by atoms with van der Waals surface area (Å²) in [6.07, 6.45) is 1.32. The van der Waals surface area contributed by atoms with E-state index in [0.717, 1.165) is 0 Å². The number of nitrogens with one attached hydrogen (secondary N) is 2. The molecule has 3 rings (SSSR count). The Morgan fingerprint density at radius 3 is 2.37 bits per heavy atom. The second-order valence-electron chi connectivity index (χ2n) is 7.47. The van der Waals surface area contributed by atoms with Gasteiger partial charge in [-0.3, -0.25) is 9.59 Å². The molecule has 0 heterocycles. The van der Waals surface area contributed by atoms with Crippen LogP contribution in [-0.2, 0) is 4.79 Å². The number of halogens is 2. The highest BCUT2D eigenvalue weighted by molar-refractivity contribution is 9.11.